The molecule has 4 nitrogen and oxygen atoms in total. The van der Waals surface area contributed by atoms with Crippen LogP contribution in [0.2, 0.25) is 0 Å². The summed E-state index contributed by atoms with van der Waals surface area (Å²) >= 11 is 0. The predicted molar refractivity (Wildman–Crippen MR) is 54.6 cm³/mol. The van der Waals surface area contributed by atoms with Gasteiger partial charge in [0.05, 0.1) is 11.8 Å². The van der Waals surface area contributed by atoms with E-state index in [9.17, 15) is 19.8 Å². The summed E-state index contributed by atoms with van der Waals surface area (Å²) in [5.74, 6) is -2.58. The van der Waals surface area contributed by atoms with Gasteiger partial charge in [0.1, 0.15) is 0 Å². The quantitative estimate of drug-likeness (QED) is 0.689. The molecule has 2 fully saturated rings. The van der Waals surface area contributed by atoms with Crippen molar-refractivity contribution >= 4 is 11.9 Å². The summed E-state index contributed by atoms with van der Waals surface area (Å²) in [6.07, 6.45) is 6.02. The van der Waals surface area contributed by atoms with Crippen molar-refractivity contribution in [1.29, 1.82) is 0 Å². The molecule has 4 unspecified atom stereocenters. The van der Waals surface area contributed by atoms with Crippen molar-refractivity contribution in [3.05, 3.63) is 12.2 Å². The molecular formula is C12H14O4. The lowest BCUT2D eigenvalue weighted by molar-refractivity contribution is -0.170. The molecule has 86 valence electrons. The molecule has 2 N–H and O–H groups in total. The predicted octanol–water partition coefficient (Wildman–Crippen LogP) is 1.23. The van der Waals surface area contributed by atoms with Crippen molar-refractivity contribution in [1.82, 2.24) is 0 Å². The molecule has 4 rings (SSSR count). The third-order valence-electron chi connectivity index (χ3n) is 4.71. The first kappa shape index (κ1) is 9.87. The monoisotopic (exact) mass is 222 g/mol. The first-order chi connectivity index (χ1) is 7.61. The summed E-state index contributed by atoms with van der Waals surface area (Å²) < 4.78 is 0. The molecule has 2 bridgehead atoms. The number of hydrogen-bond acceptors (Lipinski definition) is 2. The highest BCUT2D eigenvalue weighted by molar-refractivity contribution is 5.82. The number of carbonyl (C=O) groups is 2. The van der Waals surface area contributed by atoms with Crippen LogP contribution in [0.4, 0.5) is 0 Å². The van der Waals surface area contributed by atoms with E-state index in [2.05, 4.69) is 0 Å². The van der Waals surface area contributed by atoms with E-state index < -0.39 is 23.8 Å². The van der Waals surface area contributed by atoms with Crippen molar-refractivity contribution in [3.63, 3.8) is 0 Å². The largest absolute Gasteiger partial charge is 0.481 e. The Bertz CT molecular complexity index is 350. The van der Waals surface area contributed by atoms with E-state index in [1.165, 1.54) is 0 Å². The van der Waals surface area contributed by atoms with Gasteiger partial charge in [0.15, 0.2) is 0 Å². The molecule has 0 aromatic carbocycles. The first-order valence-electron chi connectivity index (χ1n) is 5.75. The lowest BCUT2D eigenvalue weighted by Gasteiger charge is -2.56. The molecule has 0 heterocycles. The molecule has 4 aliphatic carbocycles. The van der Waals surface area contributed by atoms with Crippen LogP contribution in [0.15, 0.2) is 12.2 Å². The van der Waals surface area contributed by atoms with Crippen LogP contribution < -0.4 is 0 Å². The van der Waals surface area contributed by atoms with Crippen LogP contribution in [-0.4, -0.2) is 22.2 Å². The lowest BCUT2D eigenvalue weighted by atomic mass is 9.46. The smallest absolute Gasteiger partial charge is 0.308 e. The van der Waals surface area contributed by atoms with E-state index in [0.717, 1.165) is 12.8 Å². The van der Waals surface area contributed by atoms with Gasteiger partial charge in [-0.1, -0.05) is 12.2 Å². The Labute approximate surface area is 93.0 Å². The normalized spacial score (nSPS) is 48.2. The van der Waals surface area contributed by atoms with Crippen molar-refractivity contribution in [2.75, 3.05) is 0 Å². The van der Waals surface area contributed by atoms with E-state index in [1.54, 1.807) is 0 Å². The second-order valence-corrected chi connectivity index (χ2v) is 5.17. The molecule has 0 aromatic rings. The highest BCUT2D eigenvalue weighted by atomic mass is 16.4. The molecule has 0 amide bonds. The van der Waals surface area contributed by atoms with Gasteiger partial charge in [-0.05, 0) is 36.5 Å². The van der Waals surface area contributed by atoms with Gasteiger partial charge in [-0.2, -0.15) is 0 Å². The molecule has 0 radical (unpaired) electrons. The van der Waals surface area contributed by atoms with Crippen LogP contribution in [0.1, 0.15) is 12.8 Å². The first-order valence-corrected chi connectivity index (χ1v) is 5.75. The second kappa shape index (κ2) is 3.09. The summed E-state index contributed by atoms with van der Waals surface area (Å²) in [6.45, 7) is 0. The summed E-state index contributed by atoms with van der Waals surface area (Å²) in [6, 6.07) is 0. The molecule has 0 spiro atoms. The summed E-state index contributed by atoms with van der Waals surface area (Å²) in [7, 11) is 0. The summed E-state index contributed by atoms with van der Waals surface area (Å²) in [5.41, 5.74) is 0. The maximum absolute atomic E-state index is 11.2. The van der Waals surface area contributed by atoms with Crippen LogP contribution in [0, 0.1) is 35.5 Å². The van der Waals surface area contributed by atoms with Crippen LogP contribution in [0.5, 0.6) is 0 Å². The molecule has 6 atom stereocenters. The number of rotatable bonds is 2. The Morgan fingerprint density at radius 2 is 1.25 bits per heavy atom. The molecule has 0 aliphatic heterocycles. The number of hydrogen-bond donors (Lipinski definition) is 2. The molecule has 16 heavy (non-hydrogen) atoms. The Balaban J connectivity index is 2.02. The molecule has 4 heteroatoms. The van der Waals surface area contributed by atoms with E-state index in [0.29, 0.717) is 11.8 Å². The van der Waals surface area contributed by atoms with Crippen molar-refractivity contribution in [2.45, 2.75) is 12.8 Å². The van der Waals surface area contributed by atoms with Gasteiger partial charge >= 0.3 is 11.9 Å². The van der Waals surface area contributed by atoms with Crippen molar-refractivity contribution < 1.29 is 19.8 Å². The van der Waals surface area contributed by atoms with E-state index in [1.807, 2.05) is 12.2 Å². The maximum Gasteiger partial charge on any atom is 0.308 e. The Hall–Kier alpha value is -1.32. The Morgan fingerprint density at radius 3 is 1.50 bits per heavy atom. The molecular weight excluding hydrogens is 208 g/mol. The van der Waals surface area contributed by atoms with Crippen LogP contribution in [0.3, 0.4) is 0 Å². The van der Waals surface area contributed by atoms with Crippen LogP contribution >= 0.6 is 0 Å². The molecule has 0 aromatic heterocycles. The fourth-order valence-corrected chi connectivity index (χ4v) is 3.94. The zero-order valence-electron chi connectivity index (χ0n) is 8.74. The van der Waals surface area contributed by atoms with Crippen LogP contribution in [0.25, 0.3) is 0 Å². The SMILES string of the molecule is O=C(O)[C@@H]1C2C=CC(C3CCC32)[C@H]1C(=O)O. The maximum atomic E-state index is 11.2. The van der Waals surface area contributed by atoms with Crippen molar-refractivity contribution in [3.8, 4) is 0 Å². The second-order valence-electron chi connectivity index (χ2n) is 5.17. The fraction of sp³-hybridized carbons (Fsp3) is 0.667. The number of fused-ring (bicyclic) bond motifs is 1. The third-order valence-corrected chi connectivity index (χ3v) is 4.71. The average Bonchev–Trinajstić information content (AvgIpc) is 2.15. The van der Waals surface area contributed by atoms with E-state index >= 15 is 0 Å². The van der Waals surface area contributed by atoms with Crippen LogP contribution in [-0.2, 0) is 9.59 Å². The van der Waals surface area contributed by atoms with Gasteiger partial charge in [0.25, 0.3) is 0 Å². The zero-order chi connectivity index (χ0) is 11.4. The zero-order valence-corrected chi connectivity index (χ0v) is 8.74. The van der Waals surface area contributed by atoms with E-state index in [4.69, 9.17) is 0 Å². The van der Waals surface area contributed by atoms with Crippen molar-refractivity contribution in [2.24, 2.45) is 35.5 Å². The van der Waals surface area contributed by atoms with Gasteiger partial charge in [-0.15, -0.1) is 0 Å². The number of carboxylic acid groups (broad SMARTS) is 2. The average molecular weight is 222 g/mol. The fourth-order valence-electron chi connectivity index (χ4n) is 3.94. The van der Waals surface area contributed by atoms with Gasteiger partial charge in [0.2, 0.25) is 0 Å². The van der Waals surface area contributed by atoms with Gasteiger partial charge < -0.3 is 10.2 Å². The minimum Gasteiger partial charge on any atom is -0.481 e. The lowest BCUT2D eigenvalue weighted by Crippen LogP contribution is -2.56. The Kier molecular flexibility index (Phi) is 1.91. The van der Waals surface area contributed by atoms with Gasteiger partial charge in [-0.25, -0.2) is 0 Å². The van der Waals surface area contributed by atoms with Gasteiger partial charge in [0, 0.05) is 0 Å². The Morgan fingerprint density at radius 1 is 0.875 bits per heavy atom. The van der Waals surface area contributed by atoms with Gasteiger partial charge in [-0.3, -0.25) is 9.59 Å². The number of carboxylic acids is 2. The molecule has 0 saturated heterocycles. The summed E-state index contributed by atoms with van der Waals surface area (Å²) in [5, 5.41) is 18.4. The number of aliphatic carboxylic acids is 2. The highest BCUT2D eigenvalue weighted by Crippen LogP contribution is 2.59. The molecule has 2 saturated carbocycles. The summed E-state index contributed by atoms with van der Waals surface area (Å²) in [4.78, 5) is 22.5. The highest BCUT2D eigenvalue weighted by Gasteiger charge is 2.59. The molecule has 4 aliphatic rings. The number of allylic oxidation sites excluding steroid dienone is 2. The van der Waals surface area contributed by atoms with E-state index in [-0.39, 0.29) is 11.8 Å². The third kappa shape index (κ3) is 1.05. The standard InChI is InChI=1S/C12H14O4/c13-11(14)9-7-3-4-8(10(9)12(15)16)6-2-1-5(6)7/h3-10H,1-2H2,(H,13,14)(H,15,16)/t5?,6?,7?,8?,9-,10-/m1/s1. The minimum atomic E-state index is -0.947. The topological polar surface area (TPSA) is 74.6 Å². The minimum absolute atomic E-state index is 0.0534.